The number of amidine groups is 4. The molecule has 0 aromatic rings. The van der Waals surface area contributed by atoms with E-state index in [-0.39, 0.29) is 60.8 Å². The molecular weight excluding hydrogens is 1150 g/mol. The van der Waals surface area contributed by atoms with Crippen molar-refractivity contribution < 1.29 is 94.1 Å². The van der Waals surface area contributed by atoms with Gasteiger partial charge in [0.1, 0.15) is 0 Å². The molecule has 0 saturated carbocycles. The van der Waals surface area contributed by atoms with E-state index >= 15 is 0 Å². The Balaban J connectivity index is 0.000000258. The maximum absolute atomic E-state index is 3.31. The van der Waals surface area contributed by atoms with Crippen LogP contribution in [0.4, 0.5) is 0 Å². The molecule has 0 amide bonds. The average molecular weight is 1170 g/mol. The molecule has 8 N–H and O–H groups in total. The van der Waals surface area contributed by atoms with Crippen molar-refractivity contribution in [1.29, 1.82) is 0 Å². The zero-order valence-corrected chi connectivity index (χ0v) is 31.8. The largest absolute Gasteiger partial charge is 1.00 e. The molecule has 4 aliphatic heterocycles. The average Bonchev–Trinajstić information content (AvgIpc) is 3.51. The van der Waals surface area contributed by atoms with Crippen molar-refractivity contribution in [2.75, 3.05) is 52.4 Å². The molecule has 178 valence electrons. The molecule has 0 bridgehead atoms. The van der Waals surface area contributed by atoms with Crippen LogP contribution < -0.4 is 115 Å². The molecule has 0 aromatic carbocycles. The van der Waals surface area contributed by atoms with Crippen molar-refractivity contribution in [2.45, 2.75) is 0 Å². The van der Waals surface area contributed by atoms with Crippen LogP contribution in [-0.2, 0) is 0 Å². The van der Waals surface area contributed by atoms with Gasteiger partial charge < -0.3 is 24.0 Å². The minimum Gasteiger partial charge on any atom is -1.00 e. The van der Waals surface area contributed by atoms with E-state index in [4.69, 9.17) is 0 Å². The molecule has 0 aromatic heterocycles. The predicted octanol–water partition coefficient (Wildman–Crippen LogP) is -17.3. The Morgan fingerprint density at radius 1 is 0.567 bits per heavy atom. The smallest absolute Gasteiger partial charge is 1.00 e. The Morgan fingerprint density at radius 2 is 0.800 bits per heavy atom. The van der Waals surface area contributed by atoms with Crippen LogP contribution in [0.1, 0.15) is 0 Å². The van der Waals surface area contributed by atoms with Gasteiger partial charge in [-0.15, -0.1) is 0 Å². The zero-order chi connectivity index (χ0) is 20.6. The minimum absolute atomic E-state index is 0. The summed E-state index contributed by atoms with van der Waals surface area (Å²) in [6.45, 7) is 8.59. The van der Waals surface area contributed by atoms with Crippen LogP contribution in [0.25, 0.3) is 0 Å². The van der Waals surface area contributed by atoms with E-state index in [9.17, 15) is 0 Å². The second-order valence-electron chi connectivity index (χ2n) is 5.22. The van der Waals surface area contributed by atoms with E-state index in [1.54, 1.807) is 0 Å². The fourth-order valence-electron chi connectivity index (χ4n) is 2.03. The molecule has 0 aliphatic carbocycles. The van der Waals surface area contributed by atoms with E-state index in [1.165, 1.54) is 20.7 Å². The summed E-state index contributed by atoms with van der Waals surface area (Å²) in [6.07, 6.45) is 0. The Labute approximate surface area is 256 Å². The van der Waals surface area contributed by atoms with E-state index in [0.29, 0.717) is 13.3 Å². The van der Waals surface area contributed by atoms with Crippen LogP contribution in [0, 0.1) is 0 Å². The molecule has 0 fully saturated rings. The maximum atomic E-state index is 3.31. The monoisotopic (exact) mass is 1170 g/mol. The summed E-state index contributed by atoms with van der Waals surface area (Å²) >= 11 is 5.52. The van der Waals surface area contributed by atoms with Gasteiger partial charge in [0, 0.05) is 0 Å². The molecular formula is C12H24I6N8S4. The van der Waals surface area contributed by atoms with Crippen molar-refractivity contribution >= 4 is 93.6 Å². The first-order chi connectivity index (χ1) is 14.3. The van der Waals surface area contributed by atoms with Gasteiger partial charge in [0.05, 0.1) is 0 Å². The first kappa shape index (κ1) is 31.7. The van der Waals surface area contributed by atoms with Gasteiger partial charge in [-0.05, 0) is 0 Å². The van der Waals surface area contributed by atoms with Gasteiger partial charge in [0.2, 0.25) is 0 Å². The molecule has 18 heteroatoms. The third-order valence-corrected chi connectivity index (χ3v) is 17.8. The van der Waals surface area contributed by atoms with Crippen LogP contribution in [0.2, 0.25) is 0 Å². The standard InChI is InChI=1S/2C6H10IN4S2.I3.HI/c2*1-2-9-5(8-1)12-7-13-6-10-3-4-11-6;1-3-2;/h2*1-4H2,(H,8,9)(H,10,11);;1H/q3*-1;/p+3. The molecule has 4 rings (SSSR count). The van der Waals surface area contributed by atoms with Crippen molar-refractivity contribution in [3.63, 3.8) is 0 Å². The summed E-state index contributed by atoms with van der Waals surface area (Å²) in [4.78, 5) is 13.3. The van der Waals surface area contributed by atoms with Gasteiger partial charge in [-0.25, -0.2) is 0 Å². The van der Waals surface area contributed by atoms with Gasteiger partial charge in [-0.1, -0.05) is 0 Å². The third kappa shape index (κ3) is 15.6. The van der Waals surface area contributed by atoms with Crippen LogP contribution in [0.5, 0.6) is 0 Å². The second kappa shape index (κ2) is 21.9. The van der Waals surface area contributed by atoms with E-state index < -0.39 is 0 Å². The quantitative estimate of drug-likeness (QED) is 0.132. The number of hydrogen-bond acceptors (Lipinski definition) is 8. The second-order valence-corrected chi connectivity index (χ2v) is 36.5. The topological polar surface area (TPSA) is 104 Å². The number of nitrogens with one attached hydrogen (secondary N) is 8. The predicted molar refractivity (Wildman–Crippen MR) is 134 cm³/mol. The fraction of sp³-hybridized carbons (Fsp3) is 0.667. The number of halogens is 6. The Morgan fingerprint density at radius 3 is 0.967 bits per heavy atom. The van der Waals surface area contributed by atoms with Crippen molar-refractivity contribution in [1.82, 2.24) is 21.3 Å². The van der Waals surface area contributed by atoms with Crippen molar-refractivity contribution in [2.24, 2.45) is 0 Å². The van der Waals surface area contributed by atoms with Gasteiger partial charge in [0.25, 0.3) is 0 Å². The van der Waals surface area contributed by atoms with Crippen LogP contribution in [-0.4, -0.2) is 73.0 Å². The molecule has 0 atom stereocenters. The molecule has 4 heterocycles. The van der Waals surface area contributed by atoms with Crippen molar-refractivity contribution in [3.8, 4) is 0 Å². The Bertz CT molecular complexity index is 513. The molecule has 0 unspecified atom stereocenters. The summed E-state index contributed by atoms with van der Waals surface area (Å²) in [5.41, 5.74) is 0. The molecule has 0 radical (unpaired) electrons. The molecule has 4 aliphatic rings. The molecule has 0 spiro atoms. The maximum Gasteiger partial charge on any atom is -1.00 e. The number of hydrogen-bond donors (Lipinski definition) is 8. The summed E-state index contributed by atoms with van der Waals surface area (Å²) in [6, 6.07) is 0. The van der Waals surface area contributed by atoms with Crippen LogP contribution >= 0.6 is 73.0 Å². The number of rotatable bonds is 4. The summed E-state index contributed by atoms with van der Waals surface area (Å²) in [5.74, 6) is 0. The van der Waals surface area contributed by atoms with Gasteiger partial charge in [-0.2, -0.15) is 0 Å². The molecule has 0 saturated heterocycles. The zero-order valence-electron chi connectivity index (χ0n) is 15.6. The fourth-order valence-corrected chi connectivity index (χ4v) is 16.4. The van der Waals surface area contributed by atoms with Crippen LogP contribution in [0.3, 0.4) is 0 Å². The molecule has 8 nitrogen and oxygen atoms in total. The Hall–Kier alpha value is 3.66. The minimum atomic E-state index is 0. The third-order valence-electron chi connectivity index (χ3n) is 3.22. The summed E-state index contributed by atoms with van der Waals surface area (Å²) < 4.78 is 0. The van der Waals surface area contributed by atoms with E-state index in [0.717, 1.165) is 52.4 Å². The Kier molecular flexibility index (Phi) is 23.1. The summed E-state index contributed by atoms with van der Waals surface area (Å²) in [5, 5.41) is 18.3. The van der Waals surface area contributed by atoms with Crippen LogP contribution in [0.15, 0.2) is 0 Å². The van der Waals surface area contributed by atoms with Gasteiger partial charge in [-0.3, -0.25) is 0 Å². The first-order valence-corrected chi connectivity index (χ1v) is 34.6. The van der Waals surface area contributed by atoms with Gasteiger partial charge >= 0.3 is 237 Å². The van der Waals surface area contributed by atoms with E-state index in [1.807, 2.05) is 35.7 Å². The summed E-state index contributed by atoms with van der Waals surface area (Å²) in [7, 11) is 7.75. The SMILES string of the molecule is C1C[NH+]=C(S[I-]SC2=[NH+]CCN2)N1.C1C[NH+]=C(S[I-]SC2=[NH+]CCN2)N1.I[I-]I.[I-]. The van der Waals surface area contributed by atoms with E-state index in [2.05, 4.69) is 78.5 Å². The van der Waals surface area contributed by atoms with Crippen molar-refractivity contribution in [3.05, 3.63) is 0 Å². The molecule has 30 heavy (non-hydrogen) atoms. The van der Waals surface area contributed by atoms with Gasteiger partial charge in [0.15, 0.2) is 0 Å². The normalized spacial score (nSPS) is 18.9. The first-order valence-electron chi connectivity index (χ1n) is 8.55.